The van der Waals surface area contributed by atoms with Gasteiger partial charge < -0.3 is 10.2 Å². The number of carbonyl (C=O) groups excluding carboxylic acids is 2. The first-order chi connectivity index (χ1) is 21.1. The fourth-order valence-corrected chi connectivity index (χ4v) is 6.42. The van der Waals surface area contributed by atoms with Gasteiger partial charge in [0.05, 0.1) is 10.6 Å². The molecule has 4 rings (SSSR count). The lowest BCUT2D eigenvalue weighted by atomic mass is 10.0. The second-order valence-electron chi connectivity index (χ2n) is 10.4. The van der Waals surface area contributed by atoms with Gasteiger partial charge in [-0.3, -0.25) is 13.9 Å². The Kier molecular flexibility index (Phi) is 11.4. The maximum absolute atomic E-state index is 14.4. The Bertz CT molecular complexity index is 1650. The van der Waals surface area contributed by atoms with Crippen molar-refractivity contribution in [2.75, 3.05) is 10.8 Å². The smallest absolute Gasteiger partial charge is 0.264 e. The van der Waals surface area contributed by atoms with Crippen LogP contribution < -0.4 is 9.62 Å². The van der Waals surface area contributed by atoms with E-state index in [4.69, 9.17) is 23.2 Å². The van der Waals surface area contributed by atoms with Gasteiger partial charge in [0.1, 0.15) is 12.6 Å². The number of sulfonamides is 1. The zero-order chi connectivity index (χ0) is 31.7. The van der Waals surface area contributed by atoms with E-state index in [2.05, 4.69) is 5.32 Å². The van der Waals surface area contributed by atoms with Crippen LogP contribution in [0.4, 0.5) is 5.69 Å². The van der Waals surface area contributed by atoms with Crippen LogP contribution >= 0.6 is 23.2 Å². The molecule has 0 spiro atoms. The Hall–Kier alpha value is -3.85. The average molecular weight is 653 g/mol. The number of amides is 2. The summed E-state index contributed by atoms with van der Waals surface area (Å²) in [4.78, 5) is 29.8. The predicted octanol–water partition coefficient (Wildman–Crippen LogP) is 6.74. The van der Waals surface area contributed by atoms with E-state index in [-0.39, 0.29) is 35.5 Å². The molecule has 0 saturated carbocycles. The molecule has 1 N–H and O–H groups in total. The van der Waals surface area contributed by atoms with Crippen molar-refractivity contribution in [2.24, 2.45) is 0 Å². The predicted molar refractivity (Wildman–Crippen MR) is 176 cm³/mol. The molecule has 4 aromatic carbocycles. The third-order valence-corrected chi connectivity index (χ3v) is 9.70. The largest absolute Gasteiger partial charge is 0.352 e. The van der Waals surface area contributed by atoms with Crippen molar-refractivity contribution in [3.8, 4) is 0 Å². The highest BCUT2D eigenvalue weighted by molar-refractivity contribution is 7.92. The van der Waals surface area contributed by atoms with Crippen LogP contribution in [-0.4, -0.2) is 43.8 Å². The van der Waals surface area contributed by atoms with Crippen LogP contribution in [0.2, 0.25) is 10.0 Å². The van der Waals surface area contributed by atoms with E-state index in [1.165, 1.54) is 17.0 Å². The minimum Gasteiger partial charge on any atom is -0.352 e. The monoisotopic (exact) mass is 651 g/mol. The van der Waals surface area contributed by atoms with Crippen molar-refractivity contribution >= 4 is 50.7 Å². The first kappa shape index (κ1) is 33.1. The normalized spacial score (nSPS) is 12.6. The van der Waals surface area contributed by atoms with E-state index in [9.17, 15) is 18.0 Å². The number of nitrogens with zero attached hydrogens (tertiary/aromatic N) is 2. The van der Waals surface area contributed by atoms with Crippen LogP contribution in [-0.2, 0) is 32.6 Å². The van der Waals surface area contributed by atoms with Gasteiger partial charge >= 0.3 is 0 Å². The van der Waals surface area contributed by atoms with Crippen molar-refractivity contribution in [1.29, 1.82) is 0 Å². The topological polar surface area (TPSA) is 86.8 Å². The Labute approximate surface area is 269 Å². The Morgan fingerprint density at radius 3 is 2.02 bits per heavy atom. The highest BCUT2D eigenvalue weighted by Crippen LogP contribution is 2.27. The molecule has 0 heterocycles. The number of benzene rings is 4. The van der Waals surface area contributed by atoms with Crippen LogP contribution in [0.5, 0.6) is 0 Å². The van der Waals surface area contributed by atoms with Crippen molar-refractivity contribution in [3.63, 3.8) is 0 Å². The molecule has 44 heavy (non-hydrogen) atoms. The van der Waals surface area contributed by atoms with Crippen molar-refractivity contribution in [2.45, 2.75) is 50.2 Å². The molecular formula is C34H35Cl2N3O4S. The molecule has 0 aliphatic rings. The van der Waals surface area contributed by atoms with Gasteiger partial charge in [0.2, 0.25) is 11.8 Å². The maximum Gasteiger partial charge on any atom is 0.264 e. The van der Waals surface area contributed by atoms with Gasteiger partial charge in [-0.15, -0.1) is 0 Å². The second-order valence-corrected chi connectivity index (χ2v) is 13.1. The summed E-state index contributed by atoms with van der Waals surface area (Å²) in [6.07, 6.45) is 0.910. The Morgan fingerprint density at radius 2 is 1.41 bits per heavy atom. The van der Waals surface area contributed by atoms with Crippen LogP contribution in [0.15, 0.2) is 114 Å². The maximum atomic E-state index is 14.4. The Balaban J connectivity index is 1.80. The molecule has 0 saturated heterocycles. The number of halogens is 2. The molecule has 7 nitrogen and oxygen atoms in total. The van der Waals surface area contributed by atoms with E-state index in [1.807, 2.05) is 44.2 Å². The summed E-state index contributed by atoms with van der Waals surface area (Å²) in [5.41, 5.74) is 1.73. The van der Waals surface area contributed by atoms with Crippen LogP contribution in [0.3, 0.4) is 0 Å². The molecular weight excluding hydrogens is 617 g/mol. The number of rotatable bonds is 13. The number of carbonyl (C=O) groups is 2. The van der Waals surface area contributed by atoms with Crippen LogP contribution in [0, 0.1) is 0 Å². The van der Waals surface area contributed by atoms with Crippen molar-refractivity contribution in [3.05, 3.63) is 130 Å². The fourth-order valence-electron chi connectivity index (χ4n) is 4.66. The Morgan fingerprint density at radius 1 is 0.818 bits per heavy atom. The van der Waals surface area contributed by atoms with Gasteiger partial charge in [-0.1, -0.05) is 96.9 Å². The molecule has 4 aromatic rings. The fraction of sp³-hybridized carbons (Fsp3) is 0.235. The molecule has 10 heteroatoms. The molecule has 2 atom stereocenters. The third-order valence-electron chi connectivity index (χ3n) is 7.30. The van der Waals surface area contributed by atoms with Gasteiger partial charge in [0.15, 0.2) is 0 Å². The summed E-state index contributed by atoms with van der Waals surface area (Å²) in [7, 11) is -4.19. The lowest BCUT2D eigenvalue weighted by Crippen LogP contribution is -2.54. The summed E-state index contributed by atoms with van der Waals surface area (Å²) in [5.74, 6) is -0.910. The van der Waals surface area contributed by atoms with Crippen molar-refractivity contribution < 1.29 is 18.0 Å². The standard InChI is InChI=1S/C34H35Cl2N3O4S/c1-3-25(2)37-34(41)32(22-26-12-6-4-7-13-26)38(23-27-14-10-11-17-31(27)36)33(40)24-39(29-20-18-28(35)19-21-29)44(42,43)30-15-8-5-9-16-30/h4-21,25,32H,3,22-24H2,1-2H3,(H,37,41)/t25-,32+/m1/s1. The van der Waals surface area contributed by atoms with Gasteiger partial charge in [-0.2, -0.15) is 0 Å². The molecule has 0 aliphatic heterocycles. The minimum absolute atomic E-state index is 0.0101. The first-order valence-electron chi connectivity index (χ1n) is 14.3. The van der Waals surface area contributed by atoms with Crippen molar-refractivity contribution in [1.82, 2.24) is 10.2 Å². The molecule has 2 amide bonds. The highest BCUT2D eigenvalue weighted by atomic mass is 35.5. The first-order valence-corrected chi connectivity index (χ1v) is 16.5. The summed E-state index contributed by atoms with van der Waals surface area (Å²) in [6, 6.07) is 29.5. The molecule has 0 aliphatic carbocycles. The summed E-state index contributed by atoms with van der Waals surface area (Å²) in [5, 5.41) is 3.87. The van der Waals surface area contributed by atoms with E-state index < -0.39 is 28.5 Å². The summed E-state index contributed by atoms with van der Waals surface area (Å²) < 4.78 is 29.0. The molecule has 0 fully saturated rings. The lowest BCUT2D eigenvalue weighted by molar-refractivity contribution is -0.140. The highest BCUT2D eigenvalue weighted by Gasteiger charge is 2.35. The van der Waals surface area contributed by atoms with Gasteiger partial charge in [0, 0.05) is 29.1 Å². The minimum atomic E-state index is -4.19. The summed E-state index contributed by atoms with van der Waals surface area (Å²) in [6.45, 7) is 3.28. The van der Waals surface area contributed by atoms with E-state index in [0.29, 0.717) is 22.0 Å². The lowest BCUT2D eigenvalue weighted by Gasteiger charge is -2.34. The summed E-state index contributed by atoms with van der Waals surface area (Å²) >= 11 is 12.7. The average Bonchev–Trinajstić information content (AvgIpc) is 3.03. The molecule has 0 aromatic heterocycles. The number of nitrogens with one attached hydrogen (secondary N) is 1. The second kappa shape index (κ2) is 15.2. The van der Waals surface area contributed by atoms with Gasteiger partial charge in [-0.05, 0) is 66.9 Å². The van der Waals surface area contributed by atoms with Crippen LogP contribution in [0.25, 0.3) is 0 Å². The molecule has 0 bridgehead atoms. The molecule has 0 radical (unpaired) electrons. The van der Waals surface area contributed by atoms with E-state index >= 15 is 0 Å². The quantitative estimate of drug-likeness (QED) is 0.173. The number of hydrogen-bond donors (Lipinski definition) is 1. The van der Waals surface area contributed by atoms with Crippen LogP contribution in [0.1, 0.15) is 31.4 Å². The zero-order valence-electron chi connectivity index (χ0n) is 24.6. The van der Waals surface area contributed by atoms with E-state index in [0.717, 1.165) is 9.87 Å². The zero-order valence-corrected chi connectivity index (χ0v) is 26.9. The van der Waals surface area contributed by atoms with Gasteiger partial charge in [0.25, 0.3) is 10.0 Å². The van der Waals surface area contributed by atoms with Gasteiger partial charge in [-0.25, -0.2) is 8.42 Å². The van der Waals surface area contributed by atoms with E-state index in [1.54, 1.807) is 66.7 Å². The molecule has 230 valence electrons. The third kappa shape index (κ3) is 8.40. The number of hydrogen-bond acceptors (Lipinski definition) is 4. The number of anilines is 1. The molecule has 0 unspecified atom stereocenters. The SMILES string of the molecule is CC[C@@H](C)NC(=O)[C@H](Cc1ccccc1)N(Cc1ccccc1Cl)C(=O)CN(c1ccc(Cl)cc1)S(=O)(=O)c1ccccc1.